The number of furan rings is 1. The fraction of sp³-hybridized carbons (Fsp3) is 0. The average molecular weight is 835 g/mol. The van der Waals surface area contributed by atoms with E-state index in [1.165, 1.54) is 53.2 Å². The lowest BCUT2D eigenvalue weighted by molar-refractivity contribution is 0.670. The summed E-state index contributed by atoms with van der Waals surface area (Å²) in [7, 11) is 0. The molecule has 0 spiro atoms. The maximum Gasteiger partial charge on any atom is 0.159 e. The first-order chi connectivity index (χ1) is 31.8. The van der Waals surface area contributed by atoms with Gasteiger partial charge >= 0.3 is 0 Å². The van der Waals surface area contributed by atoms with E-state index in [0.717, 1.165) is 66.8 Å². The van der Waals surface area contributed by atoms with Crippen LogP contribution in [-0.4, -0.2) is 4.57 Å². The van der Waals surface area contributed by atoms with E-state index in [1.807, 2.05) is 11.3 Å². The molecule has 0 unspecified atom stereocenters. The van der Waals surface area contributed by atoms with E-state index in [1.54, 1.807) is 0 Å². The van der Waals surface area contributed by atoms with Crippen LogP contribution < -0.4 is 4.90 Å². The molecule has 3 heterocycles. The van der Waals surface area contributed by atoms with Crippen molar-refractivity contribution in [2.75, 3.05) is 4.90 Å². The Hall–Kier alpha value is -8.18. The van der Waals surface area contributed by atoms with Crippen molar-refractivity contribution in [2.24, 2.45) is 0 Å². The number of hydrogen-bond acceptors (Lipinski definition) is 3. The summed E-state index contributed by atoms with van der Waals surface area (Å²) < 4.78 is 12.2. The van der Waals surface area contributed by atoms with E-state index in [-0.39, 0.29) is 0 Å². The second-order valence-electron chi connectivity index (χ2n) is 16.4. The first kappa shape index (κ1) is 36.5. The Kier molecular flexibility index (Phi) is 8.40. The molecule has 0 saturated carbocycles. The van der Waals surface area contributed by atoms with E-state index in [2.05, 4.69) is 240 Å². The molecule has 64 heavy (non-hydrogen) atoms. The molecule has 0 amide bonds. The van der Waals surface area contributed by atoms with E-state index in [4.69, 9.17) is 4.42 Å². The average Bonchev–Trinajstić information content (AvgIpc) is 4.06. The van der Waals surface area contributed by atoms with Gasteiger partial charge in [-0.2, -0.15) is 0 Å². The predicted molar refractivity (Wildman–Crippen MR) is 272 cm³/mol. The molecule has 0 fully saturated rings. The summed E-state index contributed by atoms with van der Waals surface area (Å²) in [5, 5.41) is 6.96. The van der Waals surface area contributed by atoms with Crippen LogP contribution in [0.15, 0.2) is 235 Å². The maximum atomic E-state index is 7.26. The third-order valence-electron chi connectivity index (χ3n) is 12.8. The van der Waals surface area contributed by atoms with E-state index in [0.29, 0.717) is 0 Å². The molecule has 0 saturated heterocycles. The van der Waals surface area contributed by atoms with Crippen molar-refractivity contribution >= 4 is 92.3 Å². The number of benzene rings is 10. The van der Waals surface area contributed by atoms with Crippen LogP contribution in [0.3, 0.4) is 0 Å². The van der Waals surface area contributed by atoms with Crippen molar-refractivity contribution in [3.63, 3.8) is 0 Å². The van der Waals surface area contributed by atoms with Gasteiger partial charge in [0.1, 0.15) is 5.58 Å². The lowest BCUT2D eigenvalue weighted by Crippen LogP contribution is -2.11. The Morgan fingerprint density at radius 1 is 0.359 bits per heavy atom. The van der Waals surface area contributed by atoms with Crippen LogP contribution in [0.4, 0.5) is 17.1 Å². The molecule has 0 bridgehead atoms. The Morgan fingerprint density at radius 2 is 0.938 bits per heavy atom. The van der Waals surface area contributed by atoms with Gasteiger partial charge in [-0.3, -0.25) is 0 Å². The highest BCUT2D eigenvalue weighted by molar-refractivity contribution is 7.26. The molecule has 300 valence electrons. The standard InChI is InChI=1S/C60H38N2OS/c1-5-18-39(19-6-1)42-34-35-49-55(38-42)64-60-45(41-22-9-3-10-23-41)36-37-53(57(49)60)62(52-32-17-31-51-56(52)48-26-13-14-30-50(48)61(51)43-24-11-4-12-25-43)54-33-16-29-47-46-28-15-27-44(58(46)63-59(47)54)40-20-7-2-8-21-40/h1-38H. The summed E-state index contributed by atoms with van der Waals surface area (Å²) >= 11 is 1.87. The number of rotatable bonds is 7. The van der Waals surface area contributed by atoms with Crippen LogP contribution in [0.5, 0.6) is 0 Å². The second kappa shape index (κ2) is 14.7. The molecule has 0 radical (unpaired) electrons. The zero-order valence-corrected chi connectivity index (χ0v) is 35.5. The lowest BCUT2D eigenvalue weighted by atomic mass is 9.98. The minimum atomic E-state index is 0.843. The Bertz CT molecular complexity index is 3890. The van der Waals surface area contributed by atoms with Crippen LogP contribution in [0, 0.1) is 0 Å². The molecule has 13 aromatic rings. The number of nitrogens with zero attached hydrogens (tertiary/aromatic N) is 2. The van der Waals surface area contributed by atoms with Gasteiger partial charge < -0.3 is 13.9 Å². The third kappa shape index (κ3) is 5.66. The van der Waals surface area contributed by atoms with Gasteiger partial charge in [0.2, 0.25) is 0 Å². The summed E-state index contributed by atoms with van der Waals surface area (Å²) in [4.78, 5) is 2.49. The molecule has 0 atom stereocenters. The first-order valence-electron chi connectivity index (χ1n) is 21.8. The maximum absolute atomic E-state index is 7.26. The highest BCUT2D eigenvalue weighted by atomic mass is 32.1. The molecule has 0 aliphatic rings. The highest BCUT2D eigenvalue weighted by Gasteiger charge is 2.28. The predicted octanol–water partition coefficient (Wildman–Crippen LogP) is 17.5. The number of hydrogen-bond donors (Lipinski definition) is 0. The lowest BCUT2D eigenvalue weighted by Gasteiger charge is -2.28. The van der Waals surface area contributed by atoms with Gasteiger partial charge in [-0.05, 0) is 76.3 Å². The molecule has 0 aliphatic carbocycles. The Balaban J connectivity index is 1.17. The van der Waals surface area contributed by atoms with Crippen molar-refractivity contribution in [1.29, 1.82) is 0 Å². The van der Waals surface area contributed by atoms with E-state index >= 15 is 0 Å². The monoisotopic (exact) mass is 834 g/mol. The fourth-order valence-corrected chi connectivity index (χ4v) is 11.3. The van der Waals surface area contributed by atoms with Crippen molar-refractivity contribution in [2.45, 2.75) is 0 Å². The summed E-state index contributed by atoms with van der Waals surface area (Å²) in [5.74, 6) is 0. The fourth-order valence-electron chi connectivity index (χ4n) is 9.96. The zero-order valence-electron chi connectivity index (χ0n) is 34.7. The largest absolute Gasteiger partial charge is 0.453 e. The van der Waals surface area contributed by atoms with Gasteiger partial charge in [0.25, 0.3) is 0 Å². The van der Waals surface area contributed by atoms with Crippen molar-refractivity contribution in [1.82, 2.24) is 4.57 Å². The van der Waals surface area contributed by atoms with E-state index < -0.39 is 0 Å². The van der Waals surface area contributed by atoms with Crippen LogP contribution in [0.1, 0.15) is 0 Å². The topological polar surface area (TPSA) is 21.3 Å². The Labute approximate surface area is 373 Å². The van der Waals surface area contributed by atoms with Gasteiger partial charge in [0, 0.05) is 53.0 Å². The van der Waals surface area contributed by atoms with Gasteiger partial charge in [-0.1, -0.05) is 182 Å². The number of anilines is 3. The summed E-state index contributed by atoms with van der Waals surface area (Å²) in [6.07, 6.45) is 0. The minimum absolute atomic E-state index is 0.843. The molecule has 0 N–H and O–H groups in total. The molecule has 13 rings (SSSR count). The second-order valence-corrected chi connectivity index (χ2v) is 17.4. The molecule has 4 heteroatoms. The Morgan fingerprint density at radius 3 is 1.70 bits per heavy atom. The van der Waals surface area contributed by atoms with Gasteiger partial charge in [-0.25, -0.2) is 0 Å². The summed E-state index contributed by atoms with van der Waals surface area (Å²) in [6, 6.07) is 83.2. The van der Waals surface area contributed by atoms with Crippen molar-refractivity contribution < 1.29 is 4.42 Å². The van der Waals surface area contributed by atoms with Crippen LogP contribution >= 0.6 is 11.3 Å². The SMILES string of the molecule is c1ccc(-c2ccc3c(c2)sc2c(-c4ccccc4)ccc(N(c4cccc5c4oc4c(-c6ccccc6)cccc45)c4cccc5c4c4ccccc4n5-c4ccccc4)c23)cc1. The van der Waals surface area contributed by atoms with Crippen LogP contribution in [0.25, 0.3) is 103 Å². The molecule has 3 nitrogen and oxygen atoms in total. The van der Waals surface area contributed by atoms with Gasteiger partial charge in [0.05, 0.1) is 28.1 Å². The summed E-state index contributed by atoms with van der Waals surface area (Å²) in [6.45, 7) is 0. The molecular weight excluding hydrogens is 797 g/mol. The van der Waals surface area contributed by atoms with Crippen LogP contribution in [-0.2, 0) is 0 Å². The first-order valence-corrected chi connectivity index (χ1v) is 22.6. The smallest absolute Gasteiger partial charge is 0.159 e. The van der Waals surface area contributed by atoms with Gasteiger partial charge in [0.15, 0.2) is 5.58 Å². The summed E-state index contributed by atoms with van der Waals surface area (Å²) in [5.41, 5.74) is 15.3. The van der Waals surface area contributed by atoms with Crippen molar-refractivity contribution in [3.8, 4) is 39.1 Å². The minimum Gasteiger partial charge on any atom is -0.453 e. The van der Waals surface area contributed by atoms with Gasteiger partial charge in [-0.15, -0.1) is 11.3 Å². The molecule has 0 aliphatic heterocycles. The number of para-hydroxylation sites is 4. The number of thiophene rings is 1. The normalized spacial score (nSPS) is 11.8. The zero-order chi connectivity index (χ0) is 42.1. The van der Waals surface area contributed by atoms with Crippen LogP contribution in [0.2, 0.25) is 0 Å². The third-order valence-corrected chi connectivity index (χ3v) is 14.0. The molecule has 3 aromatic heterocycles. The van der Waals surface area contributed by atoms with Crippen molar-refractivity contribution in [3.05, 3.63) is 231 Å². The molecule has 10 aromatic carbocycles. The van der Waals surface area contributed by atoms with E-state index in [9.17, 15) is 0 Å². The quantitative estimate of drug-likeness (QED) is 0.159. The molecular formula is C60H38N2OS. The number of fused-ring (bicyclic) bond motifs is 9. The number of aromatic nitrogens is 1. The highest BCUT2D eigenvalue weighted by Crippen LogP contribution is 2.53.